The summed E-state index contributed by atoms with van der Waals surface area (Å²) in [6.45, 7) is 6.67. The lowest BCUT2D eigenvalue weighted by atomic mass is 9.79. The summed E-state index contributed by atoms with van der Waals surface area (Å²) in [5.41, 5.74) is 0.0203. The number of rotatable bonds is 2. The third kappa shape index (κ3) is 2.15. The molecule has 0 radical (unpaired) electrons. The first-order chi connectivity index (χ1) is 6.39. The average molecular weight is 196 g/mol. The SMILES string of the molecule is CC1(C)CC(=O)C=C(OC2(C)CO2)C1. The van der Waals surface area contributed by atoms with E-state index >= 15 is 0 Å². The van der Waals surface area contributed by atoms with Crippen LogP contribution >= 0.6 is 0 Å². The van der Waals surface area contributed by atoms with Crippen LogP contribution in [0.15, 0.2) is 11.8 Å². The van der Waals surface area contributed by atoms with E-state index < -0.39 is 5.79 Å². The van der Waals surface area contributed by atoms with Crippen LogP contribution in [0.2, 0.25) is 0 Å². The molecule has 1 unspecified atom stereocenters. The lowest BCUT2D eigenvalue weighted by Gasteiger charge is -2.29. The highest BCUT2D eigenvalue weighted by atomic mass is 16.8. The van der Waals surface area contributed by atoms with E-state index in [4.69, 9.17) is 9.47 Å². The summed E-state index contributed by atoms with van der Waals surface area (Å²) in [4.78, 5) is 11.4. The van der Waals surface area contributed by atoms with Crippen molar-refractivity contribution in [1.82, 2.24) is 0 Å². The van der Waals surface area contributed by atoms with Gasteiger partial charge in [0.05, 0.1) is 0 Å². The molecule has 0 aromatic heterocycles. The second kappa shape index (κ2) is 2.83. The van der Waals surface area contributed by atoms with Crippen LogP contribution in [0.3, 0.4) is 0 Å². The molecule has 1 fully saturated rings. The molecule has 3 heteroatoms. The summed E-state index contributed by atoms with van der Waals surface area (Å²) in [6.07, 6.45) is 3.04. The minimum Gasteiger partial charge on any atom is -0.464 e. The van der Waals surface area contributed by atoms with Crippen molar-refractivity contribution in [2.75, 3.05) is 6.61 Å². The molecular weight excluding hydrogens is 180 g/mol. The first kappa shape index (κ1) is 9.71. The van der Waals surface area contributed by atoms with Crippen molar-refractivity contribution >= 4 is 5.78 Å². The normalized spacial score (nSPS) is 35.1. The lowest BCUT2D eigenvalue weighted by molar-refractivity contribution is -0.118. The highest BCUT2D eigenvalue weighted by Gasteiger charge is 2.44. The smallest absolute Gasteiger partial charge is 0.231 e. The average Bonchev–Trinajstić information content (AvgIpc) is 2.61. The predicted octanol–water partition coefficient (Wildman–Crippen LogP) is 2.02. The van der Waals surface area contributed by atoms with Crippen LogP contribution in [0.5, 0.6) is 0 Å². The molecule has 1 saturated heterocycles. The zero-order valence-electron chi connectivity index (χ0n) is 8.92. The van der Waals surface area contributed by atoms with E-state index in [0.29, 0.717) is 13.0 Å². The fraction of sp³-hybridized carbons (Fsp3) is 0.727. The van der Waals surface area contributed by atoms with E-state index in [1.807, 2.05) is 6.92 Å². The van der Waals surface area contributed by atoms with E-state index in [2.05, 4.69) is 13.8 Å². The second-order valence-electron chi connectivity index (χ2n) is 5.12. The molecular formula is C11H16O3. The Labute approximate surface area is 84.1 Å². The van der Waals surface area contributed by atoms with Gasteiger partial charge in [0.1, 0.15) is 12.4 Å². The first-order valence-corrected chi connectivity index (χ1v) is 4.95. The monoisotopic (exact) mass is 196 g/mol. The van der Waals surface area contributed by atoms with E-state index in [1.54, 1.807) is 6.08 Å². The van der Waals surface area contributed by atoms with Crippen molar-refractivity contribution in [3.05, 3.63) is 11.8 Å². The Bertz CT molecular complexity index is 298. The minimum absolute atomic E-state index is 0.0203. The van der Waals surface area contributed by atoms with Crippen molar-refractivity contribution < 1.29 is 14.3 Å². The molecule has 0 aromatic carbocycles. The van der Waals surface area contributed by atoms with E-state index in [-0.39, 0.29) is 11.2 Å². The molecule has 0 N–H and O–H groups in total. The quantitative estimate of drug-likeness (QED) is 0.634. The molecule has 1 atom stereocenters. The van der Waals surface area contributed by atoms with Gasteiger partial charge in [-0.05, 0) is 5.41 Å². The number of carbonyl (C=O) groups excluding carboxylic acids is 1. The Kier molecular flexibility index (Phi) is 1.96. The number of ketones is 1. The Morgan fingerprint density at radius 2 is 2.00 bits per heavy atom. The van der Waals surface area contributed by atoms with Crippen LogP contribution in [-0.2, 0) is 14.3 Å². The van der Waals surface area contributed by atoms with Crippen molar-refractivity contribution in [2.24, 2.45) is 5.41 Å². The minimum atomic E-state index is -0.459. The maximum absolute atomic E-state index is 11.4. The summed E-state index contributed by atoms with van der Waals surface area (Å²) in [5.74, 6) is 0.464. The largest absolute Gasteiger partial charge is 0.464 e. The number of allylic oxidation sites excluding steroid dienone is 2. The van der Waals surface area contributed by atoms with E-state index in [1.165, 1.54) is 0 Å². The van der Waals surface area contributed by atoms with Crippen LogP contribution in [0.25, 0.3) is 0 Å². The Morgan fingerprint density at radius 1 is 1.36 bits per heavy atom. The Morgan fingerprint density at radius 3 is 2.50 bits per heavy atom. The fourth-order valence-corrected chi connectivity index (χ4v) is 1.79. The van der Waals surface area contributed by atoms with Gasteiger partial charge < -0.3 is 9.47 Å². The van der Waals surface area contributed by atoms with Gasteiger partial charge >= 0.3 is 0 Å². The van der Waals surface area contributed by atoms with Gasteiger partial charge in [0, 0.05) is 25.8 Å². The number of ether oxygens (including phenoxy) is 2. The zero-order chi connectivity index (χ0) is 10.4. The maximum atomic E-state index is 11.4. The Balaban J connectivity index is 2.07. The van der Waals surface area contributed by atoms with Crippen LogP contribution in [0.1, 0.15) is 33.6 Å². The van der Waals surface area contributed by atoms with Crippen LogP contribution < -0.4 is 0 Å². The molecule has 2 aliphatic rings. The number of hydrogen-bond donors (Lipinski definition) is 0. The first-order valence-electron chi connectivity index (χ1n) is 4.95. The molecule has 1 aliphatic carbocycles. The zero-order valence-corrected chi connectivity index (χ0v) is 8.92. The predicted molar refractivity (Wildman–Crippen MR) is 51.5 cm³/mol. The van der Waals surface area contributed by atoms with Gasteiger partial charge in [0.15, 0.2) is 5.78 Å². The van der Waals surface area contributed by atoms with Crippen molar-refractivity contribution in [1.29, 1.82) is 0 Å². The lowest BCUT2D eigenvalue weighted by Crippen LogP contribution is -2.25. The second-order valence-corrected chi connectivity index (χ2v) is 5.12. The molecule has 2 rings (SSSR count). The van der Waals surface area contributed by atoms with Gasteiger partial charge in [-0.25, -0.2) is 0 Å². The Hall–Kier alpha value is -0.830. The third-order valence-electron chi connectivity index (χ3n) is 2.53. The van der Waals surface area contributed by atoms with Gasteiger partial charge in [-0.2, -0.15) is 0 Å². The topological polar surface area (TPSA) is 38.8 Å². The van der Waals surface area contributed by atoms with E-state index in [9.17, 15) is 4.79 Å². The summed E-state index contributed by atoms with van der Waals surface area (Å²) in [6, 6.07) is 0. The molecule has 0 amide bonds. The van der Waals surface area contributed by atoms with Crippen molar-refractivity contribution in [3.63, 3.8) is 0 Å². The van der Waals surface area contributed by atoms with Crippen molar-refractivity contribution in [3.8, 4) is 0 Å². The number of epoxide rings is 1. The molecule has 0 saturated carbocycles. The van der Waals surface area contributed by atoms with Crippen LogP contribution in [0, 0.1) is 5.41 Å². The molecule has 3 nitrogen and oxygen atoms in total. The van der Waals surface area contributed by atoms with Gasteiger partial charge in [0.2, 0.25) is 5.79 Å². The van der Waals surface area contributed by atoms with Crippen LogP contribution in [-0.4, -0.2) is 18.2 Å². The molecule has 0 bridgehead atoms. The van der Waals surface area contributed by atoms with Gasteiger partial charge in [-0.15, -0.1) is 0 Å². The summed E-state index contributed by atoms with van der Waals surface area (Å²) in [5, 5.41) is 0. The summed E-state index contributed by atoms with van der Waals surface area (Å²) < 4.78 is 10.7. The molecule has 14 heavy (non-hydrogen) atoms. The highest BCUT2D eigenvalue weighted by molar-refractivity contribution is 5.91. The molecule has 78 valence electrons. The summed E-state index contributed by atoms with van der Waals surface area (Å²) >= 11 is 0. The highest BCUT2D eigenvalue weighted by Crippen LogP contribution is 2.38. The molecule has 0 aromatic rings. The molecule has 0 spiro atoms. The number of carbonyl (C=O) groups is 1. The third-order valence-corrected chi connectivity index (χ3v) is 2.53. The van der Waals surface area contributed by atoms with E-state index in [0.717, 1.165) is 12.2 Å². The van der Waals surface area contributed by atoms with Gasteiger partial charge in [-0.1, -0.05) is 13.8 Å². The van der Waals surface area contributed by atoms with Crippen molar-refractivity contribution in [2.45, 2.75) is 39.4 Å². The van der Waals surface area contributed by atoms with Gasteiger partial charge in [0.25, 0.3) is 0 Å². The molecule has 1 heterocycles. The summed E-state index contributed by atoms with van der Waals surface area (Å²) in [7, 11) is 0. The molecule has 1 aliphatic heterocycles. The van der Waals surface area contributed by atoms with Gasteiger partial charge in [-0.3, -0.25) is 4.79 Å². The maximum Gasteiger partial charge on any atom is 0.231 e. The number of hydrogen-bond acceptors (Lipinski definition) is 3. The fourth-order valence-electron chi connectivity index (χ4n) is 1.79. The van der Waals surface area contributed by atoms with Crippen LogP contribution in [0.4, 0.5) is 0 Å². The standard InChI is InChI=1S/C11H16O3/c1-10(2)5-8(12)4-9(6-10)14-11(3)7-13-11/h4H,5-7H2,1-3H3.